The predicted molar refractivity (Wildman–Crippen MR) is 106 cm³/mol. The molecule has 0 aliphatic carbocycles. The number of unbranched alkanes of at least 4 members (excludes halogenated alkanes) is 12. The standard InChI is InChI=1S/C20H38O6S/c1-3-5-6-7-8-9-10-11-12-13-14-15-16-17-18-19(20(21)24-4-2)26-27(22,23)25-18/h18-19H,3-17H2,1-2H3/t18-,19+/m0/s1. The summed E-state index contributed by atoms with van der Waals surface area (Å²) in [6.07, 6.45) is 14.8. The van der Waals surface area contributed by atoms with Crippen molar-refractivity contribution >= 4 is 16.4 Å². The van der Waals surface area contributed by atoms with Crippen LogP contribution < -0.4 is 0 Å². The summed E-state index contributed by atoms with van der Waals surface area (Å²) in [5.74, 6) is -0.668. The van der Waals surface area contributed by atoms with Gasteiger partial charge in [0.05, 0.1) is 6.61 Å². The quantitative estimate of drug-likeness (QED) is 0.263. The molecule has 6 nitrogen and oxygen atoms in total. The fourth-order valence-corrected chi connectivity index (χ4v) is 4.39. The van der Waals surface area contributed by atoms with E-state index in [4.69, 9.17) is 13.1 Å². The van der Waals surface area contributed by atoms with Gasteiger partial charge in [0, 0.05) is 0 Å². The van der Waals surface area contributed by atoms with Crippen LogP contribution in [-0.4, -0.2) is 33.2 Å². The monoisotopic (exact) mass is 406 g/mol. The minimum absolute atomic E-state index is 0.185. The number of carbonyl (C=O) groups is 1. The average molecular weight is 407 g/mol. The Labute approximate surface area is 165 Å². The van der Waals surface area contributed by atoms with Gasteiger partial charge in [-0.15, -0.1) is 0 Å². The highest BCUT2D eigenvalue weighted by molar-refractivity contribution is 7.82. The van der Waals surface area contributed by atoms with Crippen molar-refractivity contribution in [2.45, 2.75) is 116 Å². The zero-order valence-corrected chi connectivity index (χ0v) is 17.9. The molecular formula is C20H38O6S. The fourth-order valence-electron chi connectivity index (χ4n) is 3.39. The molecule has 1 saturated heterocycles. The van der Waals surface area contributed by atoms with Gasteiger partial charge in [-0.1, -0.05) is 90.4 Å². The largest absolute Gasteiger partial charge is 0.464 e. The van der Waals surface area contributed by atoms with Crippen LogP contribution in [0.5, 0.6) is 0 Å². The van der Waals surface area contributed by atoms with Crippen LogP contribution in [0.4, 0.5) is 0 Å². The molecule has 160 valence electrons. The van der Waals surface area contributed by atoms with E-state index in [0.717, 1.165) is 19.3 Å². The molecule has 1 aliphatic heterocycles. The smallest absolute Gasteiger partial charge is 0.401 e. The third-order valence-electron chi connectivity index (χ3n) is 4.91. The van der Waals surface area contributed by atoms with Crippen LogP contribution in [0.15, 0.2) is 0 Å². The number of ether oxygens (including phenoxy) is 1. The van der Waals surface area contributed by atoms with Gasteiger partial charge in [0.15, 0.2) is 0 Å². The first-order valence-electron chi connectivity index (χ1n) is 10.8. The van der Waals surface area contributed by atoms with E-state index in [1.807, 2.05) is 0 Å². The lowest BCUT2D eigenvalue weighted by molar-refractivity contribution is -0.152. The van der Waals surface area contributed by atoms with Crippen molar-refractivity contribution < 1.29 is 26.3 Å². The van der Waals surface area contributed by atoms with Crippen LogP contribution in [-0.2, 0) is 28.3 Å². The van der Waals surface area contributed by atoms with Crippen molar-refractivity contribution in [3.8, 4) is 0 Å². The minimum atomic E-state index is -4.08. The molecule has 0 unspecified atom stereocenters. The fraction of sp³-hybridized carbons (Fsp3) is 0.950. The summed E-state index contributed by atoms with van der Waals surface area (Å²) >= 11 is 0. The predicted octanol–water partition coefficient (Wildman–Crippen LogP) is 5.06. The summed E-state index contributed by atoms with van der Waals surface area (Å²) in [6, 6.07) is 0. The van der Waals surface area contributed by atoms with Crippen LogP contribution in [0, 0.1) is 0 Å². The molecule has 0 aromatic rings. The Morgan fingerprint density at radius 3 is 1.74 bits per heavy atom. The first kappa shape index (κ1) is 24.4. The molecule has 0 radical (unpaired) electrons. The van der Waals surface area contributed by atoms with E-state index in [1.54, 1.807) is 6.92 Å². The summed E-state index contributed by atoms with van der Waals surface area (Å²) in [7, 11) is -4.08. The molecule has 1 aliphatic rings. The minimum Gasteiger partial charge on any atom is -0.464 e. The Bertz CT molecular complexity index is 491. The Hall–Kier alpha value is -0.660. The molecule has 1 fully saturated rings. The van der Waals surface area contributed by atoms with Gasteiger partial charge in [0.1, 0.15) is 6.10 Å². The zero-order chi connectivity index (χ0) is 20.0. The summed E-state index contributed by atoms with van der Waals surface area (Å²) < 4.78 is 37.3. The van der Waals surface area contributed by atoms with Crippen LogP contribution >= 0.6 is 0 Å². The van der Waals surface area contributed by atoms with E-state index in [-0.39, 0.29) is 6.61 Å². The normalized spacial score (nSPS) is 21.4. The molecule has 0 bridgehead atoms. The van der Waals surface area contributed by atoms with Crippen LogP contribution in [0.3, 0.4) is 0 Å². The number of hydrogen-bond acceptors (Lipinski definition) is 6. The molecule has 7 heteroatoms. The van der Waals surface area contributed by atoms with E-state index in [0.29, 0.717) is 6.42 Å². The molecule has 0 N–H and O–H groups in total. The maximum absolute atomic E-state index is 11.8. The van der Waals surface area contributed by atoms with Gasteiger partial charge >= 0.3 is 16.4 Å². The number of carbonyl (C=O) groups excluding carboxylic acids is 1. The van der Waals surface area contributed by atoms with E-state index >= 15 is 0 Å². The van der Waals surface area contributed by atoms with Gasteiger partial charge in [0.2, 0.25) is 6.10 Å². The molecule has 1 heterocycles. The average Bonchev–Trinajstić information content (AvgIpc) is 2.94. The molecule has 0 aromatic heterocycles. The second-order valence-electron chi connectivity index (χ2n) is 7.34. The zero-order valence-electron chi connectivity index (χ0n) is 17.1. The molecule has 0 spiro atoms. The van der Waals surface area contributed by atoms with E-state index < -0.39 is 28.6 Å². The second kappa shape index (κ2) is 14.4. The molecule has 27 heavy (non-hydrogen) atoms. The summed E-state index contributed by atoms with van der Waals surface area (Å²) in [5.41, 5.74) is 0. The van der Waals surface area contributed by atoms with Crippen molar-refractivity contribution in [2.24, 2.45) is 0 Å². The van der Waals surface area contributed by atoms with Crippen LogP contribution in [0.25, 0.3) is 0 Å². The topological polar surface area (TPSA) is 78.9 Å². The van der Waals surface area contributed by atoms with Gasteiger partial charge in [-0.25, -0.2) is 13.2 Å². The Kier molecular flexibility index (Phi) is 13.0. The van der Waals surface area contributed by atoms with Gasteiger partial charge in [-0.05, 0) is 13.3 Å². The van der Waals surface area contributed by atoms with Gasteiger partial charge in [-0.2, -0.15) is 8.42 Å². The highest BCUT2D eigenvalue weighted by atomic mass is 32.3. The maximum Gasteiger partial charge on any atom is 0.401 e. The third-order valence-corrected chi connectivity index (χ3v) is 5.84. The Morgan fingerprint density at radius 2 is 1.26 bits per heavy atom. The molecule has 0 aromatic carbocycles. The summed E-state index contributed by atoms with van der Waals surface area (Å²) in [5, 5.41) is 0. The SMILES string of the molecule is CCCCCCCCCCCCCCC[C@@H]1OS(=O)(=O)O[C@H]1C(=O)OCC. The first-order valence-corrected chi connectivity index (χ1v) is 12.1. The van der Waals surface area contributed by atoms with Crippen LogP contribution in [0.2, 0.25) is 0 Å². The lowest BCUT2D eigenvalue weighted by atomic mass is 10.0. The molecule has 0 amide bonds. The summed E-state index contributed by atoms with van der Waals surface area (Å²) in [4.78, 5) is 11.8. The van der Waals surface area contributed by atoms with Crippen molar-refractivity contribution in [3.05, 3.63) is 0 Å². The van der Waals surface area contributed by atoms with Gasteiger partial charge in [-0.3, -0.25) is 0 Å². The lowest BCUT2D eigenvalue weighted by Gasteiger charge is -2.13. The molecule has 1 rings (SSSR count). The van der Waals surface area contributed by atoms with Crippen LogP contribution in [0.1, 0.15) is 104 Å². The molecule has 0 saturated carbocycles. The number of rotatable bonds is 16. The molecule has 2 atom stereocenters. The van der Waals surface area contributed by atoms with Crippen molar-refractivity contribution in [3.63, 3.8) is 0 Å². The number of hydrogen-bond donors (Lipinski definition) is 0. The number of esters is 1. The van der Waals surface area contributed by atoms with Crippen molar-refractivity contribution in [2.75, 3.05) is 6.61 Å². The highest BCUT2D eigenvalue weighted by Gasteiger charge is 2.45. The third kappa shape index (κ3) is 11.1. The Morgan fingerprint density at radius 1 is 0.778 bits per heavy atom. The van der Waals surface area contributed by atoms with Crippen molar-refractivity contribution in [1.29, 1.82) is 0 Å². The second-order valence-corrected chi connectivity index (χ2v) is 8.54. The molecular weight excluding hydrogens is 368 g/mol. The lowest BCUT2D eigenvalue weighted by Crippen LogP contribution is -2.33. The first-order chi connectivity index (χ1) is 13.0. The van der Waals surface area contributed by atoms with Gasteiger partial charge < -0.3 is 4.74 Å². The van der Waals surface area contributed by atoms with Crippen molar-refractivity contribution in [1.82, 2.24) is 0 Å². The van der Waals surface area contributed by atoms with E-state index in [9.17, 15) is 13.2 Å². The Balaban J connectivity index is 2.03. The van der Waals surface area contributed by atoms with Gasteiger partial charge in [0.25, 0.3) is 0 Å². The highest BCUT2D eigenvalue weighted by Crippen LogP contribution is 2.26. The van der Waals surface area contributed by atoms with E-state index in [2.05, 4.69) is 6.92 Å². The maximum atomic E-state index is 11.8. The van der Waals surface area contributed by atoms with E-state index in [1.165, 1.54) is 64.2 Å². The summed E-state index contributed by atoms with van der Waals surface area (Å²) in [6.45, 7) is 4.10.